The van der Waals surface area contributed by atoms with Gasteiger partial charge in [-0.3, -0.25) is 9.69 Å². The van der Waals surface area contributed by atoms with Crippen molar-refractivity contribution >= 4 is 5.91 Å². The van der Waals surface area contributed by atoms with E-state index >= 15 is 0 Å². The van der Waals surface area contributed by atoms with E-state index in [2.05, 4.69) is 50.0 Å². The number of aromatic nitrogens is 3. The SMILES string of the molecule is CC(=O)N1CCc2nnc([C@@H]3CCCN3Cc3ccccc3)n2CC1. The van der Waals surface area contributed by atoms with Crippen LogP contribution in [0.1, 0.15) is 43.0 Å². The van der Waals surface area contributed by atoms with Crippen LogP contribution in [0.25, 0.3) is 0 Å². The third-order valence-electron chi connectivity index (χ3n) is 5.39. The summed E-state index contributed by atoms with van der Waals surface area (Å²) in [6.45, 7) is 5.98. The van der Waals surface area contributed by atoms with Crippen molar-refractivity contribution in [2.75, 3.05) is 19.6 Å². The van der Waals surface area contributed by atoms with Crippen molar-refractivity contribution in [3.63, 3.8) is 0 Å². The third-order valence-corrected chi connectivity index (χ3v) is 5.39. The molecule has 3 heterocycles. The molecule has 132 valence electrons. The minimum atomic E-state index is 0.145. The summed E-state index contributed by atoms with van der Waals surface area (Å²) in [7, 11) is 0. The standard InChI is InChI=1S/C19H25N5O/c1-15(25)22-11-9-18-20-21-19(24(18)13-12-22)17-8-5-10-23(17)14-16-6-3-2-4-7-16/h2-4,6-7,17H,5,8-14H2,1H3/t17-/m0/s1. The maximum atomic E-state index is 11.7. The van der Waals surface area contributed by atoms with E-state index < -0.39 is 0 Å². The molecule has 1 aromatic carbocycles. The number of benzene rings is 1. The van der Waals surface area contributed by atoms with Gasteiger partial charge < -0.3 is 9.47 Å². The van der Waals surface area contributed by atoms with Crippen LogP contribution in [0.15, 0.2) is 30.3 Å². The van der Waals surface area contributed by atoms with E-state index in [-0.39, 0.29) is 5.91 Å². The van der Waals surface area contributed by atoms with Crippen molar-refractivity contribution in [2.45, 2.75) is 45.3 Å². The Bertz CT molecular complexity index is 742. The van der Waals surface area contributed by atoms with Crippen LogP contribution in [-0.2, 0) is 24.3 Å². The lowest BCUT2D eigenvalue weighted by Gasteiger charge is -2.24. The summed E-state index contributed by atoms with van der Waals surface area (Å²) in [5.74, 6) is 2.24. The first-order chi connectivity index (χ1) is 12.2. The Kier molecular flexibility index (Phi) is 4.53. The van der Waals surface area contributed by atoms with Crippen molar-refractivity contribution in [3.05, 3.63) is 47.5 Å². The summed E-state index contributed by atoms with van der Waals surface area (Å²) in [5, 5.41) is 9.00. The Hall–Kier alpha value is -2.21. The number of likely N-dealkylation sites (tertiary alicyclic amines) is 1. The van der Waals surface area contributed by atoms with Crippen LogP contribution >= 0.6 is 0 Å². The molecular formula is C19H25N5O. The molecule has 0 unspecified atom stereocenters. The molecule has 0 N–H and O–H groups in total. The van der Waals surface area contributed by atoms with Gasteiger partial charge in [0.05, 0.1) is 6.04 Å². The number of fused-ring (bicyclic) bond motifs is 1. The molecule has 1 amide bonds. The molecule has 2 aliphatic heterocycles. The van der Waals surface area contributed by atoms with E-state index in [0.29, 0.717) is 6.04 Å². The molecule has 2 aromatic rings. The van der Waals surface area contributed by atoms with E-state index in [9.17, 15) is 4.79 Å². The van der Waals surface area contributed by atoms with Crippen LogP contribution in [0.4, 0.5) is 0 Å². The molecule has 0 aliphatic carbocycles. The molecule has 25 heavy (non-hydrogen) atoms. The summed E-state index contributed by atoms with van der Waals surface area (Å²) < 4.78 is 2.26. The second kappa shape index (κ2) is 6.96. The summed E-state index contributed by atoms with van der Waals surface area (Å²) >= 11 is 0. The molecule has 6 nitrogen and oxygen atoms in total. The summed E-state index contributed by atoms with van der Waals surface area (Å²) in [5.41, 5.74) is 1.34. The minimum absolute atomic E-state index is 0.145. The highest BCUT2D eigenvalue weighted by Crippen LogP contribution is 2.32. The van der Waals surface area contributed by atoms with Crippen molar-refractivity contribution in [3.8, 4) is 0 Å². The Morgan fingerprint density at radius 1 is 1.12 bits per heavy atom. The molecule has 1 fully saturated rings. The monoisotopic (exact) mass is 339 g/mol. The second-order valence-corrected chi connectivity index (χ2v) is 7.00. The fourth-order valence-corrected chi connectivity index (χ4v) is 4.03. The quantitative estimate of drug-likeness (QED) is 0.858. The molecule has 2 aliphatic rings. The van der Waals surface area contributed by atoms with Gasteiger partial charge in [-0.1, -0.05) is 30.3 Å². The number of rotatable bonds is 3. The average molecular weight is 339 g/mol. The van der Waals surface area contributed by atoms with Gasteiger partial charge in [-0.05, 0) is 24.9 Å². The third kappa shape index (κ3) is 3.31. The zero-order valence-electron chi connectivity index (χ0n) is 14.8. The van der Waals surface area contributed by atoms with Crippen molar-refractivity contribution < 1.29 is 4.79 Å². The molecule has 0 radical (unpaired) electrons. The van der Waals surface area contributed by atoms with Crippen LogP contribution in [0, 0.1) is 0 Å². The molecule has 0 spiro atoms. The number of nitrogens with zero attached hydrogens (tertiary/aromatic N) is 5. The summed E-state index contributed by atoms with van der Waals surface area (Å²) in [6.07, 6.45) is 3.11. The highest BCUT2D eigenvalue weighted by atomic mass is 16.2. The van der Waals surface area contributed by atoms with Gasteiger partial charge in [0.25, 0.3) is 0 Å². The maximum Gasteiger partial charge on any atom is 0.219 e. The number of hydrogen-bond acceptors (Lipinski definition) is 4. The number of carbonyl (C=O) groups is 1. The zero-order valence-corrected chi connectivity index (χ0v) is 14.8. The highest BCUT2D eigenvalue weighted by Gasteiger charge is 2.32. The molecule has 0 bridgehead atoms. The lowest BCUT2D eigenvalue weighted by Crippen LogP contribution is -2.32. The van der Waals surface area contributed by atoms with Gasteiger partial charge in [0.1, 0.15) is 11.6 Å². The molecule has 1 aromatic heterocycles. The molecule has 0 saturated carbocycles. The van der Waals surface area contributed by atoms with Crippen molar-refractivity contribution in [2.24, 2.45) is 0 Å². The molecule has 1 atom stereocenters. The van der Waals surface area contributed by atoms with Gasteiger partial charge in [0.2, 0.25) is 5.91 Å². The van der Waals surface area contributed by atoms with Gasteiger partial charge >= 0.3 is 0 Å². The zero-order chi connectivity index (χ0) is 17.2. The molecule has 6 heteroatoms. The average Bonchev–Trinajstić information content (AvgIpc) is 3.16. The van der Waals surface area contributed by atoms with Crippen LogP contribution in [0.3, 0.4) is 0 Å². The van der Waals surface area contributed by atoms with Crippen LogP contribution < -0.4 is 0 Å². The van der Waals surface area contributed by atoms with Crippen molar-refractivity contribution in [1.29, 1.82) is 0 Å². The predicted molar refractivity (Wildman–Crippen MR) is 94.8 cm³/mol. The molecule has 4 rings (SSSR count). The lowest BCUT2D eigenvalue weighted by molar-refractivity contribution is -0.128. The second-order valence-electron chi connectivity index (χ2n) is 7.00. The van der Waals surface area contributed by atoms with Crippen molar-refractivity contribution in [1.82, 2.24) is 24.6 Å². The van der Waals surface area contributed by atoms with E-state index in [1.165, 1.54) is 12.0 Å². The van der Waals surface area contributed by atoms with Crippen LogP contribution in [0.5, 0.6) is 0 Å². The van der Waals surface area contributed by atoms with Gasteiger partial charge in [-0.25, -0.2) is 0 Å². The number of carbonyl (C=O) groups excluding carboxylic acids is 1. The highest BCUT2D eigenvalue weighted by molar-refractivity contribution is 5.73. The topological polar surface area (TPSA) is 54.3 Å². The smallest absolute Gasteiger partial charge is 0.219 e. The minimum Gasteiger partial charge on any atom is -0.341 e. The van der Waals surface area contributed by atoms with Gasteiger partial charge in [-0.2, -0.15) is 0 Å². The van der Waals surface area contributed by atoms with Crippen LogP contribution in [-0.4, -0.2) is 50.1 Å². The fraction of sp³-hybridized carbons (Fsp3) is 0.526. The predicted octanol–water partition coefficient (Wildman–Crippen LogP) is 2.02. The van der Waals surface area contributed by atoms with E-state index in [0.717, 1.165) is 57.2 Å². The van der Waals surface area contributed by atoms with E-state index in [4.69, 9.17) is 0 Å². The van der Waals surface area contributed by atoms with Gasteiger partial charge in [-0.15, -0.1) is 10.2 Å². The number of hydrogen-bond donors (Lipinski definition) is 0. The summed E-state index contributed by atoms with van der Waals surface area (Å²) in [4.78, 5) is 16.1. The largest absolute Gasteiger partial charge is 0.341 e. The Morgan fingerprint density at radius 2 is 1.96 bits per heavy atom. The van der Waals surface area contributed by atoms with Gasteiger partial charge in [0, 0.05) is 39.5 Å². The summed E-state index contributed by atoms with van der Waals surface area (Å²) in [6, 6.07) is 10.9. The molecular weight excluding hydrogens is 314 g/mol. The first-order valence-electron chi connectivity index (χ1n) is 9.18. The van der Waals surface area contributed by atoms with E-state index in [1.54, 1.807) is 6.92 Å². The Labute approximate surface area is 148 Å². The lowest BCUT2D eigenvalue weighted by atomic mass is 10.1. The van der Waals surface area contributed by atoms with E-state index in [1.807, 2.05) is 4.90 Å². The number of amides is 1. The Morgan fingerprint density at radius 3 is 2.76 bits per heavy atom. The molecule has 1 saturated heterocycles. The Balaban J connectivity index is 1.54. The normalized spacial score (nSPS) is 21.2. The first-order valence-corrected chi connectivity index (χ1v) is 9.18. The maximum absolute atomic E-state index is 11.7. The van der Waals surface area contributed by atoms with Crippen LogP contribution in [0.2, 0.25) is 0 Å². The fourth-order valence-electron chi connectivity index (χ4n) is 4.03. The first kappa shape index (κ1) is 16.3. The van der Waals surface area contributed by atoms with Gasteiger partial charge in [0.15, 0.2) is 0 Å².